The van der Waals surface area contributed by atoms with E-state index in [2.05, 4.69) is 293 Å². The summed E-state index contributed by atoms with van der Waals surface area (Å²) in [7, 11) is 0. The zero-order valence-electron chi connectivity index (χ0n) is 60.7. The number of unbranched alkanes of at least 4 members (excludes halogenated alkanes) is 4. The van der Waals surface area contributed by atoms with Gasteiger partial charge in [-0.25, -0.2) is 0 Å². The molecule has 0 spiro atoms. The van der Waals surface area contributed by atoms with Crippen molar-refractivity contribution in [2.75, 3.05) is 32.7 Å². The third kappa shape index (κ3) is 15.9. The normalized spacial score (nSPS) is 14.7. The van der Waals surface area contributed by atoms with Crippen LogP contribution >= 0.6 is 22.7 Å². The van der Waals surface area contributed by atoms with Gasteiger partial charge in [-0.05, 0) is 180 Å². The lowest BCUT2D eigenvalue weighted by atomic mass is 9.90. The summed E-state index contributed by atoms with van der Waals surface area (Å²) in [6, 6.07) is 79.3. The molecule has 8 heteroatoms. The average molecular weight is 1360 g/mol. The molecule has 4 unspecified atom stereocenters. The fraction of sp³-hybridized carbons (Fsp3) is 0.348. The molecule has 0 fully saturated rings. The van der Waals surface area contributed by atoms with Crippen LogP contribution in [0.4, 0.5) is 45.5 Å². The standard InChI is InChI=1S/C92H104N4O2S2/c1-9-17-33-65(13-5)57-73-61-85(99-89(73)69-45-51-79(52-46-69)95(75-37-25-21-26-38-75)76-39-27-22-28-40-76)71-49-55-81-83(59-71)93(63-67(15-7)35-19-11-3)91(97)87(81)88-82-56-50-72(60-84(82)94(92(88)98)64-68(16-8)36-20-12-4)86-62-74(58-66(14-6)34-18-10-2)90(100-86)70-47-53-80(54-48-70)96(77-41-29-23-30-42-77)78-43-31-24-32-44-78/h21-32,37-56,59-62,65-68H,9-20,33-36,57-58,63-64H2,1-8H3/b88-87+. The van der Waals surface area contributed by atoms with E-state index in [0.717, 1.165) is 145 Å². The van der Waals surface area contributed by atoms with Crippen LogP contribution in [0.3, 0.4) is 0 Å². The van der Waals surface area contributed by atoms with Crippen molar-refractivity contribution < 1.29 is 9.59 Å². The first kappa shape index (κ1) is 71.3. The lowest BCUT2D eigenvalue weighted by Crippen LogP contribution is -2.34. The van der Waals surface area contributed by atoms with Crippen LogP contribution < -0.4 is 19.6 Å². The fourth-order valence-corrected chi connectivity index (χ4v) is 17.7. The molecule has 8 aromatic carbocycles. The Morgan fingerprint density at radius 1 is 0.330 bits per heavy atom. The number of thiophene rings is 2. The van der Waals surface area contributed by atoms with Crippen molar-refractivity contribution >= 4 is 91.1 Å². The maximum absolute atomic E-state index is 16.1. The number of anilines is 8. The Morgan fingerprint density at radius 2 is 0.620 bits per heavy atom. The summed E-state index contributed by atoms with van der Waals surface area (Å²) in [6.07, 6.45) is 19.9. The van der Waals surface area contributed by atoms with Crippen LogP contribution in [-0.4, -0.2) is 24.9 Å². The Labute approximate surface area is 606 Å². The van der Waals surface area contributed by atoms with Gasteiger partial charge in [-0.3, -0.25) is 9.59 Å². The molecule has 2 aliphatic heterocycles. The average Bonchev–Trinajstić information content (AvgIpc) is 1.57. The second-order valence-corrected chi connectivity index (χ2v) is 30.3. The Morgan fingerprint density at radius 3 is 0.920 bits per heavy atom. The molecule has 2 aliphatic rings. The smallest absolute Gasteiger partial charge is 0.259 e. The van der Waals surface area contributed by atoms with Gasteiger partial charge in [0.25, 0.3) is 11.8 Å². The highest BCUT2D eigenvalue weighted by molar-refractivity contribution is 7.19. The van der Waals surface area contributed by atoms with Gasteiger partial charge in [-0.1, -0.05) is 267 Å². The predicted molar refractivity (Wildman–Crippen MR) is 432 cm³/mol. The third-order valence-electron chi connectivity index (χ3n) is 21.4. The molecule has 6 nitrogen and oxygen atoms in total. The van der Waals surface area contributed by atoms with Crippen LogP contribution in [0.15, 0.2) is 218 Å². The molecule has 0 saturated heterocycles. The number of benzene rings is 8. The summed E-state index contributed by atoms with van der Waals surface area (Å²) in [4.78, 5) is 46.0. The molecule has 10 aromatic rings. The number of hydrogen-bond donors (Lipinski definition) is 0. The van der Waals surface area contributed by atoms with Crippen LogP contribution in [0, 0.1) is 23.7 Å². The SMILES string of the molecule is CCCCC(CC)Cc1cc(-c2ccc3c(c2)N(CC(CC)CCCC)C(=O)/C3=C2/C(=O)N(CC(CC)CCCC)c3cc(-c4cc(CC(CC)CCCC)c(-c5ccc(N(c6ccccc6)c6ccccc6)cc5)s4)ccc32)sc1-c1ccc(N(c2ccccc2)c2ccccc2)cc1. The summed E-state index contributed by atoms with van der Waals surface area (Å²) in [5.41, 5.74) is 18.7. The van der Waals surface area contributed by atoms with Crippen molar-refractivity contribution in [2.24, 2.45) is 23.7 Å². The molecule has 2 aromatic heterocycles. The number of hydrogen-bond acceptors (Lipinski definition) is 6. The molecule has 2 amide bonds. The topological polar surface area (TPSA) is 47.1 Å². The Kier molecular flexibility index (Phi) is 24.4. The van der Waals surface area contributed by atoms with E-state index in [-0.39, 0.29) is 11.8 Å². The van der Waals surface area contributed by atoms with Gasteiger partial charge in [0.2, 0.25) is 0 Å². The number of para-hydroxylation sites is 4. The first-order chi connectivity index (χ1) is 49.1. The first-order valence-corrected chi connectivity index (χ1v) is 39.7. The van der Waals surface area contributed by atoms with Crippen LogP contribution in [0.25, 0.3) is 52.9 Å². The van der Waals surface area contributed by atoms with Gasteiger partial charge in [0, 0.05) is 77.8 Å². The quantitative estimate of drug-likeness (QED) is 0.0377. The van der Waals surface area contributed by atoms with E-state index in [1.54, 1.807) is 0 Å². The molecule has 0 radical (unpaired) electrons. The van der Waals surface area contributed by atoms with E-state index < -0.39 is 0 Å². The molecule has 100 heavy (non-hydrogen) atoms. The molecular formula is C92H104N4O2S2. The number of rotatable bonds is 34. The molecule has 4 heterocycles. The predicted octanol–water partition coefficient (Wildman–Crippen LogP) is 27.0. The minimum Gasteiger partial charge on any atom is -0.311 e. The number of amides is 2. The lowest BCUT2D eigenvalue weighted by molar-refractivity contribution is -0.114. The Balaban J connectivity index is 0.960. The maximum Gasteiger partial charge on any atom is 0.259 e. The van der Waals surface area contributed by atoms with Gasteiger partial charge < -0.3 is 19.6 Å². The Bertz CT molecular complexity index is 3970. The third-order valence-corrected chi connectivity index (χ3v) is 23.9. The van der Waals surface area contributed by atoms with Crippen molar-refractivity contribution in [3.63, 3.8) is 0 Å². The van der Waals surface area contributed by atoms with Gasteiger partial charge in [0.05, 0.1) is 22.5 Å². The van der Waals surface area contributed by atoms with Crippen LogP contribution in [0.5, 0.6) is 0 Å². The van der Waals surface area contributed by atoms with E-state index in [1.165, 1.54) is 80.3 Å². The van der Waals surface area contributed by atoms with Gasteiger partial charge in [-0.2, -0.15) is 0 Å². The number of nitrogens with zero attached hydrogens (tertiary/aromatic N) is 4. The number of fused-ring (bicyclic) bond motifs is 2. The van der Waals surface area contributed by atoms with E-state index in [1.807, 2.05) is 22.7 Å². The lowest BCUT2D eigenvalue weighted by Gasteiger charge is -2.25. The minimum atomic E-state index is -0.0578. The molecule has 0 bridgehead atoms. The second-order valence-electron chi connectivity index (χ2n) is 28.2. The largest absolute Gasteiger partial charge is 0.311 e. The van der Waals surface area contributed by atoms with Gasteiger partial charge in [-0.15, -0.1) is 22.7 Å². The molecule has 4 atom stereocenters. The van der Waals surface area contributed by atoms with Gasteiger partial charge in [0.15, 0.2) is 0 Å². The van der Waals surface area contributed by atoms with Crippen molar-refractivity contribution in [1.82, 2.24) is 0 Å². The molecular weight excluding hydrogens is 1260 g/mol. The second kappa shape index (κ2) is 34.2. The monoisotopic (exact) mass is 1360 g/mol. The summed E-state index contributed by atoms with van der Waals surface area (Å²) < 4.78 is 0. The van der Waals surface area contributed by atoms with Gasteiger partial charge in [0.1, 0.15) is 0 Å². The van der Waals surface area contributed by atoms with Crippen LogP contribution in [0.1, 0.15) is 180 Å². The van der Waals surface area contributed by atoms with E-state index in [9.17, 15) is 0 Å². The highest BCUT2D eigenvalue weighted by Crippen LogP contribution is 2.52. The van der Waals surface area contributed by atoms with Crippen molar-refractivity contribution in [1.29, 1.82) is 0 Å². The van der Waals surface area contributed by atoms with Crippen molar-refractivity contribution in [2.45, 2.75) is 171 Å². The van der Waals surface area contributed by atoms with Crippen LogP contribution in [0.2, 0.25) is 0 Å². The summed E-state index contributed by atoms with van der Waals surface area (Å²) in [6.45, 7) is 19.6. The zero-order chi connectivity index (χ0) is 69.5. The highest BCUT2D eigenvalue weighted by Gasteiger charge is 2.43. The molecule has 0 N–H and O–H groups in total. The number of carbonyl (C=O) groups is 2. The fourth-order valence-electron chi connectivity index (χ4n) is 15.3. The maximum atomic E-state index is 16.1. The molecule has 516 valence electrons. The van der Waals surface area contributed by atoms with Crippen molar-refractivity contribution in [3.8, 4) is 41.8 Å². The summed E-state index contributed by atoms with van der Waals surface area (Å²) in [5, 5.41) is 0. The number of carbonyl (C=O) groups excluding carboxylic acids is 2. The van der Waals surface area contributed by atoms with Crippen LogP contribution in [-0.2, 0) is 22.4 Å². The van der Waals surface area contributed by atoms with E-state index in [4.69, 9.17) is 0 Å². The molecule has 0 aliphatic carbocycles. The summed E-state index contributed by atoms with van der Waals surface area (Å²) in [5.74, 6) is 1.65. The highest BCUT2D eigenvalue weighted by atomic mass is 32.1. The van der Waals surface area contributed by atoms with E-state index in [0.29, 0.717) is 47.9 Å². The van der Waals surface area contributed by atoms with Gasteiger partial charge >= 0.3 is 0 Å². The minimum absolute atomic E-state index is 0.0578. The Hall–Kier alpha value is -8.56. The van der Waals surface area contributed by atoms with E-state index >= 15 is 9.59 Å². The molecule has 0 saturated carbocycles. The first-order valence-electron chi connectivity index (χ1n) is 38.0. The summed E-state index contributed by atoms with van der Waals surface area (Å²) >= 11 is 3.75. The van der Waals surface area contributed by atoms with Crippen molar-refractivity contribution in [3.05, 3.63) is 241 Å². The molecule has 12 rings (SSSR count). The zero-order valence-corrected chi connectivity index (χ0v) is 62.3.